The highest BCUT2D eigenvalue weighted by Gasteiger charge is 2.14. The van der Waals surface area contributed by atoms with Crippen molar-refractivity contribution in [2.24, 2.45) is 14.1 Å². The van der Waals surface area contributed by atoms with E-state index in [2.05, 4.69) is 4.98 Å². The summed E-state index contributed by atoms with van der Waals surface area (Å²) >= 11 is 0. The third-order valence-corrected chi connectivity index (χ3v) is 4.43. The predicted octanol–water partition coefficient (Wildman–Crippen LogP) is 1.64. The van der Waals surface area contributed by atoms with Gasteiger partial charge in [0.25, 0.3) is 5.56 Å². The number of rotatable bonds is 2. The van der Waals surface area contributed by atoms with Gasteiger partial charge in [0.2, 0.25) is 0 Å². The molecule has 2 heterocycles. The molecule has 0 amide bonds. The van der Waals surface area contributed by atoms with E-state index in [-0.39, 0.29) is 11.2 Å². The Kier molecular flexibility index (Phi) is 3.13. The highest BCUT2D eigenvalue weighted by molar-refractivity contribution is 5.78. The van der Waals surface area contributed by atoms with E-state index < -0.39 is 0 Å². The molecule has 0 saturated heterocycles. The Bertz CT molecular complexity index is 1200. The largest absolute Gasteiger partial charge is 0.331 e. The third kappa shape index (κ3) is 2.00. The van der Waals surface area contributed by atoms with Crippen LogP contribution in [0.3, 0.4) is 0 Å². The van der Waals surface area contributed by atoms with Crippen LogP contribution in [0.15, 0.2) is 58.1 Å². The molecule has 6 heteroatoms. The lowest BCUT2D eigenvalue weighted by atomic mass is 10.2. The van der Waals surface area contributed by atoms with E-state index in [4.69, 9.17) is 0 Å². The molecule has 0 spiro atoms. The lowest BCUT2D eigenvalue weighted by Crippen LogP contribution is -2.38. The van der Waals surface area contributed by atoms with Crippen molar-refractivity contribution in [3.8, 4) is 0 Å². The van der Waals surface area contributed by atoms with Gasteiger partial charge in [0.1, 0.15) is 5.82 Å². The molecule has 0 aliphatic carbocycles. The molecule has 120 valence electrons. The molecular formula is C18H16N4O2. The van der Waals surface area contributed by atoms with Crippen LogP contribution < -0.4 is 11.2 Å². The molecule has 0 N–H and O–H groups in total. The minimum absolute atomic E-state index is 0.281. The molecule has 0 fully saturated rings. The molecule has 0 aliphatic heterocycles. The van der Waals surface area contributed by atoms with Crippen molar-refractivity contribution in [3.63, 3.8) is 0 Å². The van der Waals surface area contributed by atoms with Crippen LogP contribution in [0.25, 0.3) is 21.9 Å². The molecule has 0 atom stereocenters. The number of aryl methyl sites for hydroxylation is 1. The van der Waals surface area contributed by atoms with E-state index in [9.17, 15) is 9.59 Å². The van der Waals surface area contributed by atoms with Crippen LogP contribution in [-0.4, -0.2) is 18.7 Å². The van der Waals surface area contributed by atoms with Crippen molar-refractivity contribution >= 4 is 21.9 Å². The van der Waals surface area contributed by atoms with Gasteiger partial charge in [0, 0.05) is 14.1 Å². The van der Waals surface area contributed by atoms with Gasteiger partial charge in [-0.25, -0.2) is 9.78 Å². The van der Waals surface area contributed by atoms with Crippen molar-refractivity contribution in [1.29, 1.82) is 0 Å². The zero-order valence-corrected chi connectivity index (χ0v) is 13.4. The van der Waals surface area contributed by atoms with E-state index in [0.717, 1.165) is 21.4 Å². The van der Waals surface area contributed by atoms with Crippen LogP contribution in [0.4, 0.5) is 0 Å². The molecule has 24 heavy (non-hydrogen) atoms. The summed E-state index contributed by atoms with van der Waals surface area (Å²) in [5, 5.41) is 0.526. The fourth-order valence-electron chi connectivity index (χ4n) is 3.07. The van der Waals surface area contributed by atoms with Crippen molar-refractivity contribution in [2.45, 2.75) is 6.54 Å². The topological polar surface area (TPSA) is 61.8 Å². The lowest BCUT2D eigenvalue weighted by molar-refractivity contribution is 0.640. The van der Waals surface area contributed by atoms with E-state index in [1.807, 2.05) is 41.9 Å². The van der Waals surface area contributed by atoms with Crippen LogP contribution in [0.5, 0.6) is 0 Å². The Hall–Kier alpha value is -3.15. The molecule has 0 bridgehead atoms. The van der Waals surface area contributed by atoms with E-state index in [1.54, 1.807) is 22.8 Å². The summed E-state index contributed by atoms with van der Waals surface area (Å²) in [5.41, 5.74) is 1.90. The Labute approximate surface area is 137 Å². The number of hydrogen-bond acceptors (Lipinski definition) is 3. The smallest absolute Gasteiger partial charge is 0.330 e. The normalized spacial score (nSPS) is 11.4. The minimum Gasteiger partial charge on any atom is -0.330 e. The van der Waals surface area contributed by atoms with Crippen LogP contribution in [0.1, 0.15) is 5.82 Å². The molecule has 2 aromatic heterocycles. The average Bonchev–Trinajstić information content (AvgIpc) is 2.93. The van der Waals surface area contributed by atoms with Gasteiger partial charge in [-0.1, -0.05) is 24.3 Å². The van der Waals surface area contributed by atoms with Gasteiger partial charge < -0.3 is 4.57 Å². The zero-order chi connectivity index (χ0) is 16.8. The molecule has 6 nitrogen and oxygen atoms in total. The number of fused-ring (bicyclic) bond motifs is 2. The number of aromatic nitrogens is 4. The maximum Gasteiger partial charge on any atom is 0.331 e. The van der Waals surface area contributed by atoms with Gasteiger partial charge in [-0.15, -0.1) is 0 Å². The highest BCUT2D eigenvalue weighted by atomic mass is 16.2. The second-order valence-electron chi connectivity index (χ2n) is 5.83. The average molecular weight is 320 g/mol. The molecule has 4 aromatic rings. The van der Waals surface area contributed by atoms with Gasteiger partial charge in [-0.3, -0.25) is 13.9 Å². The maximum absolute atomic E-state index is 12.6. The standard InChI is InChI=1S/C18H16N4O2/c1-20-15-10-6-4-8-13(15)19-16(20)11-22-14-9-5-3-7-12(14)17(23)21(2)18(22)24/h3-10H,11H2,1-2H3. The second kappa shape index (κ2) is 5.19. The third-order valence-electron chi connectivity index (χ3n) is 4.43. The first-order chi connectivity index (χ1) is 11.6. The fourth-order valence-corrected chi connectivity index (χ4v) is 3.07. The van der Waals surface area contributed by atoms with Crippen molar-refractivity contribution in [3.05, 3.63) is 75.2 Å². The Morgan fingerprint density at radius 2 is 1.54 bits per heavy atom. The first-order valence-electron chi connectivity index (χ1n) is 7.67. The van der Waals surface area contributed by atoms with Gasteiger partial charge in [-0.05, 0) is 24.3 Å². The fraction of sp³-hybridized carbons (Fsp3) is 0.167. The van der Waals surface area contributed by atoms with Crippen molar-refractivity contribution in [2.75, 3.05) is 0 Å². The summed E-state index contributed by atoms with van der Waals surface area (Å²) in [6.07, 6.45) is 0. The maximum atomic E-state index is 12.6. The monoisotopic (exact) mass is 320 g/mol. The molecular weight excluding hydrogens is 304 g/mol. The minimum atomic E-state index is -0.342. The molecule has 2 aromatic carbocycles. The zero-order valence-electron chi connectivity index (χ0n) is 13.4. The number of para-hydroxylation sites is 3. The summed E-state index contributed by atoms with van der Waals surface area (Å²) in [4.78, 5) is 29.5. The van der Waals surface area contributed by atoms with Crippen LogP contribution in [-0.2, 0) is 20.6 Å². The van der Waals surface area contributed by atoms with Gasteiger partial charge in [0.05, 0.1) is 28.5 Å². The summed E-state index contributed by atoms with van der Waals surface area (Å²) in [5.74, 6) is 0.766. The first kappa shape index (κ1) is 14.4. The van der Waals surface area contributed by atoms with Crippen molar-refractivity contribution < 1.29 is 0 Å². The quantitative estimate of drug-likeness (QED) is 0.564. The predicted molar refractivity (Wildman–Crippen MR) is 93.3 cm³/mol. The van der Waals surface area contributed by atoms with Crippen molar-refractivity contribution in [1.82, 2.24) is 18.7 Å². The first-order valence-corrected chi connectivity index (χ1v) is 7.67. The van der Waals surface area contributed by atoms with E-state index in [0.29, 0.717) is 17.4 Å². The van der Waals surface area contributed by atoms with Crippen LogP contribution >= 0.6 is 0 Å². The van der Waals surface area contributed by atoms with E-state index >= 15 is 0 Å². The van der Waals surface area contributed by atoms with Crippen LogP contribution in [0, 0.1) is 0 Å². The lowest BCUT2D eigenvalue weighted by Gasteiger charge is -2.11. The second-order valence-corrected chi connectivity index (χ2v) is 5.83. The van der Waals surface area contributed by atoms with E-state index in [1.165, 1.54) is 7.05 Å². The molecule has 0 unspecified atom stereocenters. The van der Waals surface area contributed by atoms with Gasteiger partial charge >= 0.3 is 5.69 Å². The molecule has 0 aliphatic rings. The Balaban J connectivity index is 1.98. The van der Waals surface area contributed by atoms with Gasteiger partial charge in [-0.2, -0.15) is 0 Å². The Morgan fingerprint density at radius 3 is 2.29 bits per heavy atom. The highest BCUT2D eigenvalue weighted by Crippen LogP contribution is 2.16. The number of hydrogen-bond donors (Lipinski definition) is 0. The number of benzene rings is 2. The molecule has 0 saturated carbocycles. The summed E-state index contributed by atoms with van der Waals surface area (Å²) in [6.45, 7) is 0.304. The SMILES string of the molecule is Cn1c(=O)c2ccccc2n(Cc2nc3ccccc3n2C)c1=O. The number of imidazole rings is 1. The summed E-state index contributed by atoms with van der Waals surface area (Å²) < 4.78 is 4.71. The Morgan fingerprint density at radius 1 is 0.875 bits per heavy atom. The molecule has 0 radical (unpaired) electrons. The summed E-state index contributed by atoms with van der Waals surface area (Å²) in [6, 6.07) is 15.0. The molecule has 4 rings (SSSR count). The van der Waals surface area contributed by atoms with Crippen LogP contribution in [0.2, 0.25) is 0 Å². The van der Waals surface area contributed by atoms with Gasteiger partial charge in [0.15, 0.2) is 0 Å². The summed E-state index contributed by atoms with van der Waals surface area (Å²) in [7, 11) is 3.43. The number of nitrogens with zero attached hydrogens (tertiary/aromatic N) is 4.